The highest BCUT2D eigenvalue weighted by Crippen LogP contribution is 2.36. The number of aromatic hydroxyl groups is 1. The molecule has 2 aromatic carbocycles. The minimum atomic E-state index is -1.28. The molecule has 0 saturated heterocycles. The van der Waals surface area contributed by atoms with Crippen LogP contribution in [0.1, 0.15) is 0 Å². The molecule has 0 aromatic heterocycles. The Kier molecular flexibility index (Phi) is 3.59. The zero-order valence-electron chi connectivity index (χ0n) is 8.75. The van der Waals surface area contributed by atoms with Crippen LogP contribution in [-0.4, -0.2) is 5.11 Å². The Balaban J connectivity index is 2.39. The fourth-order valence-electron chi connectivity index (χ4n) is 1.28. The van der Waals surface area contributed by atoms with Crippen molar-refractivity contribution in [3.8, 4) is 17.2 Å². The van der Waals surface area contributed by atoms with E-state index < -0.39 is 23.1 Å². The predicted octanol–water partition coefficient (Wildman–Crippen LogP) is 4.77. The van der Waals surface area contributed by atoms with Gasteiger partial charge in [0, 0.05) is 6.07 Å². The second kappa shape index (κ2) is 5.00. The lowest BCUT2D eigenvalue weighted by Gasteiger charge is -2.09. The van der Waals surface area contributed by atoms with Crippen molar-refractivity contribution in [2.45, 2.75) is 0 Å². The van der Waals surface area contributed by atoms with Crippen molar-refractivity contribution in [3.63, 3.8) is 0 Å². The molecule has 0 amide bonds. The summed E-state index contributed by atoms with van der Waals surface area (Å²) in [5, 5.41) is 9.91. The summed E-state index contributed by atoms with van der Waals surface area (Å²) in [7, 11) is 0. The molecule has 0 saturated carbocycles. The van der Waals surface area contributed by atoms with E-state index in [0.717, 1.165) is 12.1 Å². The van der Waals surface area contributed by atoms with Crippen LogP contribution < -0.4 is 4.74 Å². The van der Waals surface area contributed by atoms with Gasteiger partial charge in [0.2, 0.25) is 11.6 Å². The topological polar surface area (TPSA) is 29.5 Å². The number of hydrogen-bond donors (Lipinski definition) is 1. The predicted molar refractivity (Wildman–Crippen MR) is 64.6 cm³/mol. The third kappa shape index (κ3) is 2.49. The normalized spacial score (nSPS) is 10.4. The molecule has 2 nitrogen and oxygen atoms in total. The molecule has 0 aliphatic rings. The molecule has 0 fully saturated rings. The highest BCUT2D eigenvalue weighted by atomic mass is 35.5. The van der Waals surface area contributed by atoms with Gasteiger partial charge in [0.1, 0.15) is 5.75 Å². The van der Waals surface area contributed by atoms with E-state index in [1.54, 1.807) is 0 Å². The number of benzene rings is 2. The van der Waals surface area contributed by atoms with E-state index in [4.69, 9.17) is 27.9 Å². The van der Waals surface area contributed by atoms with E-state index in [1.807, 2.05) is 0 Å². The summed E-state index contributed by atoms with van der Waals surface area (Å²) in [6, 6.07) is 5.97. The van der Waals surface area contributed by atoms with Crippen molar-refractivity contribution in [3.05, 3.63) is 52.0 Å². The number of hydrogen-bond acceptors (Lipinski definition) is 2. The molecule has 0 aliphatic carbocycles. The summed E-state index contributed by atoms with van der Waals surface area (Å²) < 4.78 is 31.4. The summed E-state index contributed by atoms with van der Waals surface area (Å²) in [6.45, 7) is 0. The first kappa shape index (κ1) is 12.9. The van der Waals surface area contributed by atoms with Crippen molar-refractivity contribution >= 4 is 23.2 Å². The van der Waals surface area contributed by atoms with Crippen LogP contribution in [0.4, 0.5) is 8.78 Å². The molecule has 0 atom stereocenters. The van der Waals surface area contributed by atoms with Gasteiger partial charge in [-0.25, -0.2) is 4.39 Å². The van der Waals surface area contributed by atoms with Crippen molar-refractivity contribution in [1.82, 2.24) is 0 Å². The molecule has 0 aliphatic heterocycles. The Bertz CT molecular complexity index is 603. The highest BCUT2D eigenvalue weighted by Gasteiger charge is 2.15. The van der Waals surface area contributed by atoms with Crippen LogP contribution in [0.25, 0.3) is 0 Å². The van der Waals surface area contributed by atoms with Crippen LogP contribution in [0.15, 0.2) is 30.3 Å². The first-order valence-corrected chi connectivity index (χ1v) is 5.54. The quantitative estimate of drug-likeness (QED) is 0.863. The van der Waals surface area contributed by atoms with Crippen LogP contribution in [0.3, 0.4) is 0 Å². The maximum absolute atomic E-state index is 13.4. The zero-order valence-corrected chi connectivity index (χ0v) is 10.3. The molecular weight excluding hydrogens is 285 g/mol. The summed E-state index contributed by atoms with van der Waals surface area (Å²) in [6.07, 6.45) is 0. The van der Waals surface area contributed by atoms with E-state index in [-0.39, 0.29) is 10.8 Å². The maximum Gasteiger partial charge on any atom is 0.207 e. The molecule has 0 spiro atoms. The monoisotopic (exact) mass is 290 g/mol. The number of phenolic OH excluding ortho intramolecular Hbond substituents is 1. The minimum absolute atomic E-state index is 0.129. The van der Waals surface area contributed by atoms with Gasteiger partial charge in [-0.1, -0.05) is 23.2 Å². The summed E-state index contributed by atoms with van der Waals surface area (Å²) in [5.41, 5.74) is 0. The van der Waals surface area contributed by atoms with E-state index in [2.05, 4.69) is 0 Å². The molecular formula is C12H6Cl2F2O2. The van der Waals surface area contributed by atoms with Gasteiger partial charge in [0.25, 0.3) is 0 Å². The smallest absolute Gasteiger partial charge is 0.207 e. The lowest BCUT2D eigenvalue weighted by atomic mass is 10.3. The third-order valence-corrected chi connectivity index (χ3v) is 2.88. The second-order valence-electron chi connectivity index (χ2n) is 3.39. The zero-order chi connectivity index (χ0) is 13.3. The standard InChI is InChI=1S/C12H6Cl2F2O2/c13-7-2-1-6(5-8(7)14)18-12-10(17)4-3-9(15)11(12)16/h1-5,17H. The van der Waals surface area contributed by atoms with Gasteiger partial charge in [0.15, 0.2) is 11.6 Å². The average Bonchev–Trinajstić information content (AvgIpc) is 2.34. The molecule has 6 heteroatoms. The van der Waals surface area contributed by atoms with Crippen LogP contribution in [0, 0.1) is 11.6 Å². The third-order valence-electron chi connectivity index (χ3n) is 2.14. The van der Waals surface area contributed by atoms with Crippen molar-refractivity contribution in [2.24, 2.45) is 0 Å². The summed E-state index contributed by atoms with van der Waals surface area (Å²) in [5.74, 6) is -3.39. The van der Waals surface area contributed by atoms with Gasteiger partial charge in [0.05, 0.1) is 10.0 Å². The molecule has 0 heterocycles. The van der Waals surface area contributed by atoms with Crippen LogP contribution >= 0.6 is 23.2 Å². The number of rotatable bonds is 2. The molecule has 1 N–H and O–H groups in total. The van der Waals surface area contributed by atoms with Crippen LogP contribution in [0.5, 0.6) is 17.2 Å². The fourth-order valence-corrected chi connectivity index (χ4v) is 1.57. The van der Waals surface area contributed by atoms with Gasteiger partial charge >= 0.3 is 0 Å². The van der Waals surface area contributed by atoms with Crippen molar-refractivity contribution in [2.75, 3.05) is 0 Å². The first-order chi connectivity index (χ1) is 8.49. The lowest BCUT2D eigenvalue weighted by molar-refractivity contribution is 0.373. The average molecular weight is 291 g/mol. The summed E-state index contributed by atoms with van der Waals surface area (Å²) >= 11 is 11.4. The van der Waals surface area contributed by atoms with E-state index in [0.29, 0.717) is 5.02 Å². The van der Waals surface area contributed by atoms with E-state index in [9.17, 15) is 13.9 Å². The van der Waals surface area contributed by atoms with E-state index >= 15 is 0 Å². The maximum atomic E-state index is 13.4. The Labute approximate surface area is 111 Å². The number of halogens is 4. The first-order valence-electron chi connectivity index (χ1n) is 4.79. The van der Waals surface area contributed by atoms with Gasteiger partial charge in [-0.2, -0.15) is 4.39 Å². The van der Waals surface area contributed by atoms with Gasteiger partial charge in [-0.3, -0.25) is 0 Å². The SMILES string of the molecule is Oc1ccc(F)c(F)c1Oc1ccc(Cl)c(Cl)c1. The molecule has 18 heavy (non-hydrogen) atoms. The molecule has 2 rings (SSSR count). The van der Waals surface area contributed by atoms with Crippen molar-refractivity contribution < 1.29 is 18.6 Å². The number of ether oxygens (including phenoxy) is 1. The molecule has 94 valence electrons. The fraction of sp³-hybridized carbons (Fsp3) is 0. The molecule has 0 bridgehead atoms. The minimum Gasteiger partial charge on any atom is -0.504 e. The Morgan fingerprint density at radius 3 is 2.39 bits per heavy atom. The molecule has 2 aromatic rings. The Hall–Kier alpha value is -1.52. The molecule has 0 unspecified atom stereocenters. The highest BCUT2D eigenvalue weighted by molar-refractivity contribution is 6.42. The lowest BCUT2D eigenvalue weighted by Crippen LogP contribution is -1.92. The van der Waals surface area contributed by atoms with Crippen LogP contribution in [0.2, 0.25) is 10.0 Å². The van der Waals surface area contributed by atoms with Gasteiger partial charge in [-0.05, 0) is 24.3 Å². The number of phenols is 1. The summed E-state index contributed by atoms with van der Waals surface area (Å²) in [4.78, 5) is 0. The van der Waals surface area contributed by atoms with E-state index in [1.165, 1.54) is 18.2 Å². The Morgan fingerprint density at radius 1 is 1.00 bits per heavy atom. The van der Waals surface area contributed by atoms with Gasteiger partial charge in [-0.15, -0.1) is 0 Å². The Morgan fingerprint density at radius 2 is 1.72 bits per heavy atom. The van der Waals surface area contributed by atoms with Crippen LogP contribution in [-0.2, 0) is 0 Å². The second-order valence-corrected chi connectivity index (χ2v) is 4.20. The van der Waals surface area contributed by atoms with Gasteiger partial charge < -0.3 is 9.84 Å². The molecule has 0 radical (unpaired) electrons. The largest absolute Gasteiger partial charge is 0.504 e. The van der Waals surface area contributed by atoms with Crippen molar-refractivity contribution in [1.29, 1.82) is 0 Å².